The van der Waals surface area contributed by atoms with Crippen molar-refractivity contribution in [3.8, 4) is 17.2 Å². The van der Waals surface area contributed by atoms with Gasteiger partial charge in [0.25, 0.3) is 11.8 Å². The van der Waals surface area contributed by atoms with Gasteiger partial charge in [0.15, 0.2) is 0 Å². The van der Waals surface area contributed by atoms with Gasteiger partial charge < -0.3 is 14.5 Å². The molecule has 8 heteroatoms. The topological polar surface area (TPSA) is 77.3 Å². The standard InChI is InChI=1S/C20H19F2N3O3/c1-3-16(12-8-10-15(27-2)11-9-12)23-18(26)13-4-6-14(7-5-13)19-24-25-20(28-19)17(21)22/h4-11,16-17H,3H2,1-2H3,(H,23,26). The minimum Gasteiger partial charge on any atom is -0.497 e. The number of carbonyl (C=O) groups excluding carboxylic acids is 1. The van der Waals surface area contributed by atoms with Crippen molar-refractivity contribution < 1.29 is 22.7 Å². The summed E-state index contributed by atoms with van der Waals surface area (Å²) >= 11 is 0. The molecule has 2 aromatic carbocycles. The van der Waals surface area contributed by atoms with Gasteiger partial charge in [-0.1, -0.05) is 19.1 Å². The van der Waals surface area contributed by atoms with Gasteiger partial charge in [-0.05, 0) is 48.4 Å². The van der Waals surface area contributed by atoms with Crippen LogP contribution in [0.25, 0.3) is 11.5 Å². The number of hydrogen-bond acceptors (Lipinski definition) is 5. The molecular weight excluding hydrogens is 368 g/mol. The average molecular weight is 387 g/mol. The van der Waals surface area contributed by atoms with E-state index in [2.05, 4.69) is 15.5 Å². The van der Waals surface area contributed by atoms with Crippen LogP contribution in [-0.4, -0.2) is 23.2 Å². The van der Waals surface area contributed by atoms with E-state index in [0.717, 1.165) is 11.3 Å². The molecule has 3 rings (SSSR count). The fraction of sp³-hybridized carbons (Fsp3) is 0.250. The van der Waals surface area contributed by atoms with Gasteiger partial charge >= 0.3 is 6.43 Å². The number of rotatable bonds is 7. The summed E-state index contributed by atoms with van der Waals surface area (Å²) < 4.78 is 35.2. The third-order valence-electron chi connectivity index (χ3n) is 4.25. The summed E-state index contributed by atoms with van der Waals surface area (Å²) in [7, 11) is 1.60. The second-order valence-corrected chi connectivity index (χ2v) is 6.03. The number of methoxy groups -OCH3 is 1. The van der Waals surface area contributed by atoms with Crippen molar-refractivity contribution in [3.05, 3.63) is 65.5 Å². The Balaban J connectivity index is 1.70. The monoisotopic (exact) mass is 387 g/mol. The van der Waals surface area contributed by atoms with Crippen LogP contribution in [0.15, 0.2) is 52.9 Å². The number of hydrogen-bond donors (Lipinski definition) is 1. The zero-order chi connectivity index (χ0) is 20.1. The number of amides is 1. The molecule has 0 aliphatic rings. The van der Waals surface area contributed by atoms with Crippen LogP contribution >= 0.6 is 0 Å². The molecular formula is C20H19F2N3O3. The van der Waals surface area contributed by atoms with Crippen LogP contribution in [0.2, 0.25) is 0 Å². The fourth-order valence-corrected chi connectivity index (χ4v) is 2.70. The number of alkyl halides is 2. The molecule has 0 spiro atoms. The van der Waals surface area contributed by atoms with Gasteiger partial charge in [0, 0.05) is 11.1 Å². The average Bonchev–Trinajstić information content (AvgIpc) is 3.23. The molecule has 1 heterocycles. The summed E-state index contributed by atoms with van der Waals surface area (Å²) in [5, 5.41) is 9.87. The van der Waals surface area contributed by atoms with E-state index in [1.807, 2.05) is 31.2 Å². The van der Waals surface area contributed by atoms with Crippen molar-refractivity contribution in [1.82, 2.24) is 15.5 Å². The van der Waals surface area contributed by atoms with Crippen molar-refractivity contribution in [2.24, 2.45) is 0 Å². The number of halogens is 2. The van der Waals surface area contributed by atoms with E-state index in [-0.39, 0.29) is 17.8 Å². The number of aromatic nitrogens is 2. The summed E-state index contributed by atoms with van der Waals surface area (Å²) in [6.45, 7) is 1.98. The van der Waals surface area contributed by atoms with Crippen molar-refractivity contribution in [3.63, 3.8) is 0 Å². The summed E-state index contributed by atoms with van der Waals surface area (Å²) in [5.74, 6) is -0.251. The van der Waals surface area contributed by atoms with Crippen LogP contribution in [0.1, 0.15) is 47.6 Å². The molecule has 6 nitrogen and oxygen atoms in total. The van der Waals surface area contributed by atoms with Crippen LogP contribution in [0, 0.1) is 0 Å². The Hall–Kier alpha value is -3.29. The first kappa shape index (κ1) is 19.5. The highest BCUT2D eigenvalue weighted by atomic mass is 19.3. The smallest absolute Gasteiger partial charge is 0.314 e. The minimum atomic E-state index is -2.82. The molecule has 146 valence electrons. The number of benzene rings is 2. The molecule has 3 aromatic rings. The minimum absolute atomic E-state index is 0.0214. The maximum absolute atomic E-state index is 12.6. The van der Waals surface area contributed by atoms with Gasteiger partial charge in [-0.3, -0.25) is 4.79 Å². The highest BCUT2D eigenvalue weighted by Crippen LogP contribution is 2.24. The summed E-state index contributed by atoms with van der Waals surface area (Å²) in [5.41, 5.74) is 1.86. The predicted molar refractivity (Wildman–Crippen MR) is 98.2 cm³/mol. The second-order valence-electron chi connectivity index (χ2n) is 6.03. The zero-order valence-electron chi connectivity index (χ0n) is 15.4. The Labute approximate surface area is 160 Å². The van der Waals surface area contributed by atoms with Crippen LogP contribution < -0.4 is 10.1 Å². The summed E-state index contributed by atoms with van der Waals surface area (Å²) in [4.78, 5) is 12.6. The zero-order valence-corrected chi connectivity index (χ0v) is 15.4. The van der Waals surface area contributed by atoms with Crippen LogP contribution in [0.5, 0.6) is 5.75 Å². The molecule has 1 N–H and O–H groups in total. The molecule has 1 unspecified atom stereocenters. The predicted octanol–water partition coefficient (Wildman–Crippen LogP) is 4.56. The summed E-state index contributed by atoms with van der Waals surface area (Å²) in [6.07, 6.45) is -2.11. The lowest BCUT2D eigenvalue weighted by Gasteiger charge is -2.18. The number of ether oxygens (including phenoxy) is 1. The number of carbonyl (C=O) groups is 1. The van der Waals surface area contributed by atoms with E-state index in [1.165, 1.54) is 0 Å². The van der Waals surface area contributed by atoms with E-state index < -0.39 is 12.3 Å². The van der Waals surface area contributed by atoms with E-state index >= 15 is 0 Å². The van der Waals surface area contributed by atoms with Crippen molar-refractivity contribution in [1.29, 1.82) is 0 Å². The van der Waals surface area contributed by atoms with Crippen molar-refractivity contribution in [2.75, 3.05) is 7.11 Å². The van der Waals surface area contributed by atoms with E-state index in [0.29, 0.717) is 17.5 Å². The van der Waals surface area contributed by atoms with Gasteiger partial charge in [-0.15, -0.1) is 10.2 Å². The van der Waals surface area contributed by atoms with Crippen LogP contribution in [0.4, 0.5) is 8.78 Å². The first-order chi connectivity index (χ1) is 13.5. The maximum Gasteiger partial charge on any atom is 0.314 e. The Morgan fingerprint density at radius 1 is 1.11 bits per heavy atom. The van der Waals surface area contributed by atoms with Crippen LogP contribution in [-0.2, 0) is 0 Å². The lowest BCUT2D eigenvalue weighted by molar-refractivity contribution is 0.0935. The van der Waals surface area contributed by atoms with E-state index in [9.17, 15) is 13.6 Å². The van der Waals surface area contributed by atoms with Gasteiger partial charge in [0.05, 0.1) is 13.2 Å². The first-order valence-corrected chi connectivity index (χ1v) is 8.68. The first-order valence-electron chi connectivity index (χ1n) is 8.68. The normalized spacial score (nSPS) is 12.0. The lowest BCUT2D eigenvalue weighted by atomic mass is 10.0. The number of nitrogens with zero attached hydrogens (tertiary/aromatic N) is 2. The van der Waals surface area contributed by atoms with Gasteiger partial charge in [-0.2, -0.15) is 8.78 Å². The molecule has 0 bridgehead atoms. The largest absolute Gasteiger partial charge is 0.497 e. The van der Waals surface area contributed by atoms with Crippen molar-refractivity contribution in [2.45, 2.75) is 25.8 Å². The van der Waals surface area contributed by atoms with Crippen LogP contribution in [0.3, 0.4) is 0 Å². The van der Waals surface area contributed by atoms with E-state index in [1.54, 1.807) is 31.4 Å². The van der Waals surface area contributed by atoms with Gasteiger partial charge in [0.1, 0.15) is 5.75 Å². The van der Waals surface area contributed by atoms with Gasteiger partial charge in [-0.25, -0.2) is 0 Å². The molecule has 0 aliphatic heterocycles. The quantitative estimate of drug-likeness (QED) is 0.643. The molecule has 28 heavy (non-hydrogen) atoms. The SMILES string of the molecule is CCC(NC(=O)c1ccc(-c2nnc(C(F)F)o2)cc1)c1ccc(OC)cc1. The second kappa shape index (κ2) is 8.60. The molecule has 0 saturated carbocycles. The Morgan fingerprint density at radius 3 is 2.32 bits per heavy atom. The summed E-state index contributed by atoms with van der Waals surface area (Å²) in [6, 6.07) is 13.7. The third-order valence-corrected chi connectivity index (χ3v) is 4.25. The highest BCUT2D eigenvalue weighted by Gasteiger charge is 2.18. The molecule has 0 fully saturated rings. The Morgan fingerprint density at radius 2 is 1.79 bits per heavy atom. The molecule has 1 atom stereocenters. The fourth-order valence-electron chi connectivity index (χ4n) is 2.70. The number of nitrogens with one attached hydrogen (secondary N) is 1. The molecule has 1 amide bonds. The maximum atomic E-state index is 12.6. The molecule has 1 aromatic heterocycles. The molecule has 0 aliphatic carbocycles. The van der Waals surface area contributed by atoms with Gasteiger partial charge in [0.2, 0.25) is 5.89 Å². The molecule has 0 radical (unpaired) electrons. The lowest BCUT2D eigenvalue weighted by Crippen LogP contribution is -2.28. The Kier molecular flexibility index (Phi) is 5.98. The highest BCUT2D eigenvalue weighted by molar-refractivity contribution is 5.94. The van der Waals surface area contributed by atoms with E-state index in [4.69, 9.17) is 9.15 Å². The van der Waals surface area contributed by atoms with Crippen molar-refractivity contribution >= 4 is 5.91 Å². The molecule has 0 saturated heterocycles. The Bertz CT molecular complexity index is 925. The third kappa shape index (κ3) is 4.33.